The van der Waals surface area contributed by atoms with E-state index in [9.17, 15) is 23.8 Å². The Balaban J connectivity index is 1.67. The highest BCUT2D eigenvalue weighted by Gasteiger charge is 2.49. The predicted octanol–water partition coefficient (Wildman–Crippen LogP) is 4.98. The molecule has 0 saturated carbocycles. The van der Waals surface area contributed by atoms with Crippen LogP contribution in [0.25, 0.3) is 10.4 Å². The normalized spacial score (nSPS) is 17.4. The Morgan fingerprint density at radius 3 is 2.54 bits per heavy atom. The van der Waals surface area contributed by atoms with Crippen LogP contribution >= 0.6 is 19.4 Å². The fraction of sp³-hybridized carbons (Fsp3) is 0.296. The quantitative estimate of drug-likeness (QED) is 0.309. The van der Waals surface area contributed by atoms with Crippen molar-refractivity contribution in [3.8, 4) is 10.4 Å². The van der Waals surface area contributed by atoms with Gasteiger partial charge in [-0.3, -0.25) is 9.59 Å². The molecule has 1 saturated heterocycles. The zero-order valence-electron chi connectivity index (χ0n) is 20.6. The summed E-state index contributed by atoms with van der Waals surface area (Å²) in [7, 11) is -2.59. The summed E-state index contributed by atoms with van der Waals surface area (Å²) in [5, 5.41) is 3.46. The molecule has 37 heavy (non-hydrogen) atoms. The first-order chi connectivity index (χ1) is 17.8. The largest absolute Gasteiger partial charge is 0.546 e. The molecule has 2 unspecified atom stereocenters. The standard InChI is InChI=1S/C27H27N2O6PS/c1-3-27(14-9-15-29(27)24(30)19-12-8-13-20(16-19)36(33)34)26(32)28-23-21(25(31)35-4-2)17-22(37-23)18-10-6-5-7-11-18/h5-8,10-13,16-17H,3-4,9,14-15H2,1-2H3,(H-,28,31,32,33,34)/p+1. The number of anilines is 1. The number of carbonyl (C=O) groups is 3. The van der Waals surface area contributed by atoms with E-state index in [4.69, 9.17) is 4.74 Å². The van der Waals surface area contributed by atoms with Gasteiger partial charge in [-0.1, -0.05) is 43.3 Å². The van der Waals surface area contributed by atoms with Crippen molar-refractivity contribution in [2.45, 2.75) is 38.6 Å². The molecule has 1 fully saturated rings. The highest BCUT2D eigenvalue weighted by atomic mass is 32.1. The number of esters is 1. The number of hydrogen-bond acceptors (Lipinski definition) is 6. The second-order valence-corrected chi connectivity index (χ2v) is 10.8. The molecule has 2 heterocycles. The van der Waals surface area contributed by atoms with Gasteiger partial charge in [-0.15, -0.1) is 11.3 Å². The number of rotatable bonds is 8. The minimum atomic E-state index is -2.59. The number of amides is 2. The fourth-order valence-corrected chi connectivity index (χ4v) is 6.17. The summed E-state index contributed by atoms with van der Waals surface area (Å²) in [6, 6.07) is 17.3. The summed E-state index contributed by atoms with van der Waals surface area (Å²) in [4.78, 5) is 51.9. The fourth-order valence-electron chi connectivity index (χ4n) is 4.66. The lowest BCUT2D eigenvalue weighted by atomic mass is 9.91. The third-order valence-corrected chi connectivity index (χ3v) is 8.39. The molecular formula is C27H28N2O6PS+. The van der Waals surface area contributed by atoms with Crippen LogP contribution in [0.1, 0.15) is 53.8 Å². The Morgan fingerprint density at radius 2 is 1.86 bits per heavy atom. The van der Waals surface area contributed by atoms with E-state index >= 15 is 0 Å². The van der Waals surface area contributed by atoms with Gasteiger partial charge in [0.25, 0.3) is 11.8 Å². The lowest BCUT2D eigenvalue weighted by Gasteiger charge is -2.36. The summed E-state index contributed by atoms with van der Waals surface area (Å²) in [6.45, 7) is 4.14. The van der Waals surface area contributed by atoms with Crippen LogP contribution in [-0.4, -0.2) is 46.3 Å². The van der Waals surface area contributed by atoms with Crippen molar-refractivity contribution >= 4 is 47.5 Å². The molecule has 192 valence electrons. The molecular weight excluding hydrogens is 511 g/mol. The molecule has 1 aliphatic heterocycles. The van der Waals surface area contributed by atoms with E-state index in [1.807, 2.05) is 37.3 Å². The molecule has 1 aliphatic rings. The number of carbonyl (C=O) groups excluding carboxylic acids is 3. The van der Waals surface area contributed by atoms with Gasteiger partial charge in [0.15, 0.2) is 0 Å². The summed E-state index contributed by atoms with van der Waals surface area (Å²) in [5.41, 5.74) is 0.290. The molecule has 2 N–H and O–H groups in total. The van der Waals surface area contributed by atoms with Gasteiger partial charge in [0.1, 0.15) is 10.5 Å². The van der Waals surface area contributed by atoms with Crippen LogP contribution < -0.4 is 10.6 Å². The van der Waals surface area contributed by atoms with Crippen LogP contribution in [0.2, 0.25) is 0 Å². The van der Waals surface area contributed by atoms with E-state index in [0.29, 0.717) is 30.8 Å². The summed E-state index contributed by atoms with van der Waals surface area (Å²) >= 11 is 1.28. The van der Waals surface area contributed by atoms with Crippen LogP contribution in [0, 0.1) is 0 Å². The van der Waals surface area contributed by atoms with Crippen LogP contribution in [0.3, 0.4) is 0 Å². The van der Waals surface area contributed by atoms with Crippen molar-refractivity contribution in [3.05, 3.63) is 71.8 Å². The Hall–Kier alpha value is -3.39. The van der Waals surface area contributed by atoms with Crippen molar-refractivity contribution in [1.29, 1.82) is 0 Å². The molecule has 8 nitrogen and oxygen atoms in total. The predicted molar refractivity (Wildman–Crippen MR) is 144 cm³/mol. The molecule has 0 aliphatic carbocycles. The number of nitrogens with zero attached hydrogens (tertiary/aromatic N) is 1. The first-order valence-electron chi connectivity index (χ1n) is 12.1. The number of likely N-dealkylation sites (tertiary alicyclic amines) is 1. The van der Waals surface area contributed by atoms with E-state index in [1.165, 1.54) is 23.5 Å². The Bertz CT molecular complexity index is 1340. The number of benzene rings is 2. The summed E-state index contributed by atoms with van der Waals surface area (Å²) < 4.78 is 16.8. The summed E-state index contributed by atoms with van der Waals surface area (Å²) in [6.07, 6.45) is 1.45. The molecule has 0 bridgehead atoms. The minimum Gasteiger partial charge on any atom is -0.462 e. The minimum absolute atomic E-state index is 0.151. The van der Waals surface area contributed by atoms with E-state index in [2.05, 4.69) is 5.32 Å². The van der Waals surface area contributed by atoms with Crippen molar-refractivity contribution in [2.24, 2.45) is 0 Å². The maximum atomic E-state index is 13.8. The number of thiophene rings is 1. The van der Waals surface area contributed by atoms with Crippen LogP contribution in [0.4, 0.5) is 5.00 Å². The molecule has 3 aromatic rings. The van der Waals surface area contributed by atoms with Crippen LogP contribution in [0.5, 0.6) is 0 Å². The first-order valence-corrected chi connectivity index (χ1v) is 14.1. The van der Waals surface area contributed by atoms with E-state index in [0.717, 1.165) is 10.4 Å². The third kappa shape index (κ3) is 5.34. The average molecular weight is 540 g/mol. The van der Waals surface area contributed by atoms with Gasteiger partial charge in [0, 0.05) is 23.1 Å². The number of nitrogens with one attached hydrogen (secondary N) is 1. The second-order valence-electron chi connectivity index (χ2n) is 8.66. The van der Waals surface area contributed by atoms with E-state index in [-0.39, 0.29) is 34.9 Å². The smallest absolute Gasteiger partial charge is 0.462 e. The third-order valence-electron chi connectivity index (χ3n) is 6.57. The monoisotopic (exact) mass is 539 g/mol. The topological polar surface area (TPSA) is 113 Å². The molecule has 2 amide bonds. The SMILES string of the molecule is CCOC(=O)c1cc(-c2ccccc2)sc1NC(=O)C1(CC)CCCN1C(=O)c1cccc([P+](=O)O)c1. The molecule has 2 aromatic carbocycles. The van der Waals surface area contributed by atoms with E-state index in [1.54, 1.807) is 30.0 Å². The first kappa shape index (κ1) is 26.7. The van der Waals surface area contributed by atoms with Crippen LogP contribution in [0.15, 0.2) is 60.7 Å². The van der Waals surface area contributed by atoms with Gasteiger partial charge in [-0.25, -0.2) is 4.79 Å². The molecule has 2 atom stereocenters. The van der Waals surface area contributed by atoms with Crippen molar-refractivity contribution in [2.75, 3.05) is 18.5 Å². The Kier molecular flexibility index (Phi) is 8.17. The van der Waals surface area contributed by atoms with Gasteiger partial charge in [0.2, 0.25) is 5.30 Å². The van der Waals surface area contributed by atoms with Gasteiger partial charge < -0.3 is 15.0 Å². The second kappa shape index (κ2) is 11.3. The van der Waals surface area contributed by atoms with Gasteiger partial charge >= 0.3 is 14.0 Å². The van der Waals surface area contributed by atoms with Crippen LogP contribution in [-0.2, 0) is 14.1 Å². The maximum Gasteiger partial charge on any atom is 0.546 e. The lowest BCUT2D eigenvalue weighted by Crippen LogP contribution is -2.55. The molecule has 0 spiro atoms. The zero-order valence-corrected chi connectivity index (χ0v) is 22.3. The van der Waals surface area contributed by atoms with Gasteiger partial charge in [0.05, 0.1) is 12.2 Å². The molecule has 1 aromatic heterocycles. The summed E-state index contributed by atoms with van der Waals surface area (Å²) in [5.74, 6) is -1.29. The highest BCUT2D eigenvalue weighted by Crippen LogP contribution is 2.39. The number of ether oxygens (including phenoxy) is 1. The Morgan fingerprint density at radius 1 is 1.11 bits per heavy atom. The van der Waals surface area contributed by atoms with E-state index < -0.39 is 19.5 Å². The van der Waals surface area contributed by atoms with Gasteiger partial charge in [-0.05, 0) is 54.5 Å². The molecule has 0 radical (unpaired) electrons. The molecule has 10 heteroatoms. The molecule has 4 rings (SSSR count). The van der Waals surface area contributed by atoms with Crippen molar-refractivity contribution in [3.63, 3.8) is 0 Å². The van der Waals surface area contributed by atoms with Crippen molar-refractivity contribution < 1.29 is 28.6 Å². The average Bonchev–Trinajstić information content (AvgIpc) is 3.54. The zero-order chi connectivity index (χ0) is 26.6. The Labute approximate surface area is 220 Å². The maximum absolute atomic E-state index is 13.8. The highest BCUT2D eigenvalue weighted by molar-refractivity contribution is 7.47. The van der Waals surface area contributed by atoms with Gasteiger partial charge in [-0.2, -0.15) is 4.89 Å². The lowest BCUT2D eigenvalue weighted by molar-refractivity contribution is -0.125. The number of hydrogen-bond donors (Lipinski definition) is 2. The van der Waals surface area contributed by atoms with Crippen molar-refractivity contribution in [1.82, 2.24) is 4.90 Å².